The molecule has 0 heterocycles. The molecule has 0 aromatic heterocycles. The molecule has 0 unspecified atom stereocenters. The van der Waals surface area contributed by atoms with Crippen molar-refractivity contribution in [1.82, 2.24) is 0 Å². The number of aliphatic hydroxyl groups is 1. The summed E-state index contributed by atoms with van der Waals surface area (Å²) in [6.07, 6.45) is 5.17. The Kier molecular flexibility index (Phi) is 4.77. The van der Waals surface area contributed by atoms with Crippen LogP contribution in [0.2, 0.25) is 0 Å². The molecular formula is C12H16OS. The number of aliphatic hydroxyl groups excluding tert-OH is 1. The van der Waals surface area contributed by atoms with Crippen LogP contribution >= 0.6 is 12.6 Å². The molecule has 0 aliphatic heterocycles. The fourth-order valence-corrected chi connectivity index (χ4v) is 1.49. The van der Waals surface area contributed by atoms with Crippen LogP contribution in [-0.4, -0.2) is 10.9 Å². The molecule has 1 rings (SSSR count). The molecule has 0 amide bonds. The second kappa shape index (κ2) is 5.89. The van der Waals surface area contributed by atoms with Crippen molar-refractivity contribution in [1.29, 1.82) is 0 Å². The summed E-state index contributed by atoms with van der Waals surface area (Å²) in [5.41, 5.74) is 3.33. The van der Waals surface area contributed by atoms with Crippen LogP contribution < -0.4 is 0 Å². The average Bonchev–Trinajstić information content (AvgIpc) is 2.21. The van der Waals surface area contributed by atoms with E-state index in [1.807, 2.05) is 19.1 Å². The summed E-state index contributed by atoms with van der Waals surface area (Å²) in [6.45, 7) is 2.14. The highest BCUT2D eigenvalue weighted by atomic mass is 32.1. The fraction of sp³-hybridized carbons (Fsp3) is 0.333. The van der Waals surface area contributed by atoms with E-state index in [1.165, 1.54) is 5.56 Å². The Morgan fingerprint density at radius 3 is 2.86 bits per heavy atom. The molecule has 0 radical (unpaired) electrons. The van der Waals surface area contributed by atoms with Gasteiger partial charge in [0.15, 0.2) is 0 Å². The molecule has 0 spiro atoms. The maximum absolute atomic E-state index is 9.08. The van der Waals surface area contributed by atoms with Crippen molar-refractivity contribution in [2.45, 2.75) is 20.0 Å². The molecule has 0 aliphatic rings. The Hall–Kier alpha value is -0.730. The van der Waals surface area contributed by atoms with Crippen LogP contribution in [0.4, 0.5) is 0 Å². The molecule has 76 valence electrons. The molecule has 0 atom stereocenters. The second-order valence-electron chi connectivity index (χ2n) is 3.20. The molecule has 2 heteroatoms. The van der Waals surface area contributed by atoms with Crippen LogP contribution in [0.5, 0.6) is 0 Å². The number of allylic oxidation sites excluding steroid dienone is 1. The number of thiol groups is 1. The SMILES string of the molecule is Cc1c(C=CCCS)cccc1CO. The van der Waals surface area contributed by atoms with Gasteiger partial charge in [0.25, 0.3) is 0 Å². The Labute approximate surface area is 90.9 Å². The Balaban J connectivity index is 2.86. The van der Waals surface area contributed by atoms with Gasteiger partial charge in [-0.3, -0.25) is 0 Å². The summed E-state index contributed by atoms with van der Waals surface area (Å²) in [5.74, 6) is 0.870. The smallest absolute Gasteiger partial charge is 0.0684 e. The molecule has 1 nitrogen and oxygen atoms in total. The van der Waals surface area contributed by atoms with Crippen LogP contribution in [0.25, 0.3) is 6.08 Å². The number of hydrogen-bond acceptors (Lipinski definition) is 2. The highest BCUT2D eigenvalue weighted by Gasteiger charge is 1.99. The minimum absolute atomic E-state index is 0.111. The molecule has 0 saturated heterocycles. The van der Waals surface area contributed by atoms with Gasteiger partial charge in [0.2, 0.25) is 0 Å². The van der Waals surface area contributed by atoms with Gasteiger partial charge in [-0.25, -0.2) is 0 Å². The summed E-state index contributed by atoms with van der Waals surface area (Å²) >= 11 is 4.14. The normalized spacial score (nSPS) is 11.1. The molecule has 1 aromatic rings. The highest BCUT2D eigenvalue weighted by molar-refractivity contribution is 7.80. The topological polar surface area (TPSA) is 20.2 Å². The molecule has 0 bridgehead atoms. The van der Waals surface area contributed by atoms with Crippen molar-refractivity contribution in [2.75, 3.05) is 5.75 Å². The lowest BCUT2D eigenvalue weighted by atomic mass is 10.0. The molecule has 1 N–H and O–H groups in total. The highest BCUT2D eigenvalue weighted by Crippen LogP contribution is 2.15. The first-order valence-corrected chi connectivity index (χ1v) is 5.39. The lowest BCUT2D eigenvalue weighted by Crippen LogP contribution is -1.90. The van der Waals surface area contributed by atoms with E-state index >= 15 is 0 Å². The monoisotopic (exact) mass is 208 g/mol. The second-order valence-corrected chi connectivity index (χ2v) is 3.65. The number of benzene rings is 1. The maximum atomic E-state index is 9.08. The zero-order chi connectivity index (χ0) is 10.4. The molecule has 1 aromatic carbocycles. The third-order valence-electron chi connectivity index (χ3n) is 2.25. The summed E-state index contributed by atoms with van der Waals surface area (Å²) in [6, 6.07) is 5.98. The predicted octanol–water partition coefficient (Wildman–Crippen LogP) is 2.82. The molecule has 0 saturated carbocycles. The molecule has 0 aliphatic carbocycles. The molecular weight excluding hydrogens is 192 g/mol. The predicted molar refractivity (Wildman–Crippen MR) is 64.6 cm³/mol. The van der Waals surface area contributed by atoms with E-state index in [0.717, 1.165) is 23.3 Å². The first-order chi connectivity index (χ1) is 6.79. The lowest BCUT2D eigenvalue weighted by Gasteiger charge is -2.05. The van der Waals surface area contributed by atoms with Crippen molar-refractivity contribution in [2.24, 2.45) is 0 Å². The number of rotatable bonds is 4. The molecule has 0 fully saturated rings. The van der Waals surface area contributed by atoms with Crippen LogP contribution in [-0.2, 0) is 6.61 Å². The van der Waals surface area contributed by atoms with Crippen LogP contribution in [0.15, 0.2) is 24.3 Å². The van der Waals surface area contributed by atoms with Crippen molar-refractivity contribution in [3.8, 4) is 0 Å². The van der Waals surface area contributed by atoms with E-state index in [4.69, 9.17) is 5.11 Å². The quantitative estimate of drug-likeness (QED) is 0.729. The third kappa shape index (κ3) is 2.89. The summed E-state index contributed by atoms with van der Waals surface area (Å²) in [4.78, 5) is 0. The van der Waals surface area contributed by atoms with Crippen molar-refractivity contribution < 1.29 is 5.11 Å². The van der Waals surface area contributed by atoms with Gasteiger partial charge in [0.05, 0.1) is 6.61 Å². The Morgan fingerprint density at radius 2 is 2.21 bits per heavy atom. The minimum Gasteiger partial charge on any atom is -0.392 e. The van der Waals surface area contributed by atoms with E-state index < -0.39 is 0 Å². The van der Waals surface area contributed by atoms with E-state index in [2.05, 4.69) is 30.8 Å². The van der Waals surface area contributed by atoms with Gasteiger partial charge in [0.1, 0.15) is 0 Å². The molecule has 14 heavy (non-hydrogen) atoms. The van der Waals surface area contributed by atoms with Gasteiger partial charge in [-0.05, 0) is 35.8 Å². The number of hydrogen-bond donors (Lipinski definition) is 2. The Bertz CT molecular complexity index is 318. The van der Waals surface area contributed by atoms with Crippen LogP contribution in [0.3, 0.4) is 0 Å². The van der Waals surface area contributed by atoms with Crippen molar-refractivity contribution in [3.05, 3.63) is 41.0 Å². The van der Waals surface area contributed by atoms with E-state index in [-0.39, 0.29) is 6.61 Å². The van der Waals surface area contributed by atoms with Crippen molar-refractivity contribution in [3.63, 3.8) is 0 Å². The van der Waals surface area contributed by atoms with Gasteiger partial charge in [-0.15, -0.1) is 0 Å². The van der Waals surface area contributed by atoms with Gasteiger partial charge < -0.3 is 5.11 Å². The fourth-order valence-electron chi connectivity index (χ4n) is 1.34. The zero-order valence-electron chi connectivity index (χ0n) is 8.40. The van der Waals surface area contributed by atoms with Gasteiger partial charge in [-0.1, -0.05) is 30.4 Å². The third-order valence-corrected chi connectivity index (χ3v) is 2.51. The first kappa shape index (κ1) is 11.3. The first-order valence-electron chi connectivity index (χ1n) is 4.76. The van der Waals surface area contributed by atoms with Crippen LogP contribution in [0.1, 0.15) is 23.1 Å². The summed E-state index contributed by atoms with van der Waals surface area (Å²) in [7, 11) is 0. The summed E-state index contributed by atoms with van der Waals surface area (Å²) in [5, 5.41) is 9.08. The van der Waals surface area contributed by atoms with Gasteiger partial charge >= 0.3 is 0 Å². The maximum Gasteiger partial charge on any atom is 0.0684 e. The van der Waals surface area contributed by atoms with E-state index in [9.17, 15) is 0 Å². The Morgan fingerprint density at radius 1 is 1.43 bits per heavy atom. The van der Waals surface area contributed by atoms with Crippen molar-refractivity contribution >= 4 is 18.7 Å². The lowest BCUT2D eigenvalue weighted by molar-refractivity contribution is 0.281. The van der Waals surface area contributed by atoms with Crippen LogP contribution in [0, 0.1) is 6.92 Å². The minimum atomic E-state index is 0.111. The average molecular weight is 208 g/mol. The van der Waals surface area contributed by atoms with Gasteiger partial charge in [-0.2, -0.15) is 12.6 Å². The largest absolute Gasteiger partial charge is 0.392 e. The zero-order valence-corrected chi connectivity index (χ0v) is 9.30. The summed E-state index contributed by atoms with van der Waals surface area (Å²) < 4.78 is 0. The van der Waals surface area contributed by atoms with Gasteiger partial charge in [0, 0.05) is 0 Å². The standard InChI is InChI=1S/C12H16OS/c1-10-11(5-2-3-8-14)6-4-7-12(10)9-13/h2,4-7,13-14H,3,8-9H2,1H3. The van der Waals surface area contributed by atoms with E-state index in [1.54, 1.807) is 0 Å². The van der Waals surface area contributed by atoms with E-state index in [0.29, 0.717) is 0 Å².